The Bertz CT molecular complexity index is 869. The van der Waals surface area contributed by atoms with Crippen molar-refractivity contribution in [3.05, 3.63) is 36.4 Å². The highest BCUT2D eigenvalue weighted by molar-refractivity contribution is 7.89. The van der Waals surface area contributed by atoms with Crippen molar-refractivity contribution in [2.75, 3.05) is 11.9 Å². The maximum atomic E-state index is 12.9. The van der Waals surface area contributed by atoms with Gasteiger partial charge in [0.25, 0.3) is 0 Å². The number of nitrogens with two attached hydrogens (primary N) is 1. The van der Waals surface area contributed by atoms with Gasteiger partial charge in [0.15, 0.2) is 0 Å². The van der Waals surface area contributed by atoms with Gasteiger partial charge in [0.1, 0.15) is 0 Å². The van der Waals surface area contributed by atoms with E-state index < -0.39 is 10.0 Å². The lowest BCUT2D eigenvalue weighted by Gasteiger charge is -2.20. The van der Waals surface area contributed by atoms with Gasteiger partial charge in [-0.3, -0.25) is 4.79 Å². The van der Waals surface area contributed by atoms with E-state index >= 15 is 0 Å². The molecule has 4 N–H and O–H groups in total. The molecule has 1 amide bonds. The first-order valence-corrected chi connectivity index (χ1v) is 9.74. The van der Waals surface area contributed by atoms with Crippen LogP contribution in [-0.2, 0) is 14.8 Å². The normalized spacial score (nSPS) is 12.7. The average Bonchev–Trinajstić information content (AvgIpc) is 2.53. The summed E-state index contributed by atoms with van der Waals surface area (Å²) in [5, 5.41) is 3.96. The Morgan fingerprint density at radius 1 is 1.12 bits per heavy atom. The summed E-state index contributed by atoms with van der Waals surface area (Å²) in [6.45, 7) is 5.70. The van der Waals surface area contributed by atoms with Crippen LogP contribution in [-0.4, -0.2) is 26.9 Å². The zero-order valence-electron chi connectivity index (χ0n) is 15.2. The van der Waals surface area contributed by atoms with Crippen LogP contribution in [0.3, 0.4) is 0 Å². The third kappa shape index (κ3) is 5.41. The van der Waals surface area contributed by atoms with Crippen molar-refractivity contribution in [2.45, 2.75) is 38.1 Å². The topological polar surface area (TPSA) is 101 Å². The van der Waals surface area contributed by atoms with E-state index in [2.05, 4.69) is 10.0 Å². The molecular formula is C18H26ClN3O3S. The van der Waals surface area contributed by atoms with Gasteiger partial charge in [-0.1, -0.05) is 38.1 Å². The molecule has 144 valence electrons. The number of rotatable bonds is 7. The molecule has 2 rings (SSSR count). The largest absolute Gasteiger partial charge is 0.329 e. The summed E-state index contributed by atoms with van der Waals surface area (Å²) in [5.41, 5.74) is 6.31. The van der Waals surface area contributed by atoms with Gasteiger partial charge < -0.3 is 11.1 Å². The third-order valence-corrected chi connectivity index (χ3v) is 5.43. The van der Waals surface area contributed by atoms with E-state index in [0.717, 1.165) is 0 Å². The van der Waals surface area contributed by atoms with Crippen molar-refractivity contribution < 1.29 is 13.2 Å². The van der Waals surface area contributed by atoms with Gasteiger partial charge in [-0.25, -0.2) is 13.1 Å². The van der Waals surface area contributed by atoms with E-state index in [0.29, 0.717) is 28.8 Å². The molecule has 6 nitrogen and oxygen atoms in total. The van der Waals surface area contributed by atoms with Crippen molar-refractivity contribution in [1.29, 1.82) is 0 Å². The molecule has 0 fully saturated rings. The Kier molecular flexibility index (Phi) is 8.02. The molecule has 0 spiro atoms. The monoisotopic (exact) mass is 399 g/mol. The van der Waals surface area contributed by atoms with Crippen LogP contribution in [0.4, 0.5) is 5.69 Å². The Morgan fingerprint density at radius 2 is 1.73 bits per heavy atom. The van der Waals surface area contributed by atoms with Gasteiger partial charge in [0, 0.05) is 36.0 Å². The maximum Gasteiger partial charge on any atom is 0.241 e. The van der Waals surface area contributed by atoms with E-state index in [1.807, 2.05) is 13.8 Å². The van der Waals surface area contributed by atoms with E-state index in [4.69, 9.17) is 5.73 Å². The number of halogens is 1. The summed E-state index contributed by atoms with van der Waals surface area (Å²) in [4.78, 5) is 11.6. The number of carbonyl (C=O) groups is 1. The highest BCUT2D eigenvalue weighted by atomic mass is 35.5. The summed E-state index contributed by atoms with van der Waals surface area (Å²) in [6.07, 6.45) is 0.664. The molecule has 1 unspecified atom stereocenters. The fourth-order valence-electron chi connectivity index (χ4n) is 2.85. The molecule has 0 aromatic heterocycles. The van der Waals surface area contributed by atoms with Crippen LogP contribution in [0.1, 0.15) is 27.2 Å². The van der Waals surface area contributed by atoms with Crippen LogP contribution in [0.25, 0.3) is 10.8 Å². The third-order valence-electron chi connectivity index (χ3n) is 3.85. The zero-order valence-corrected chi connectivity index (χ0v) is 16.8. The SMILES string of the molecule is CC(=O)Nc1ccc(S(=O)(=O)NC(CN)CC(C)C)c2ccccc12.Cl. The van der Waals surface area contributed by atoms with Gasteiger partial charge in [-0.05, 0) is 24.5 Å². The van der Waals surface area contributed by atoms with E-state index in [-0.39, 0.29) is 35.8 Å². The lowest BCUT2D eigenvalue weighted by Crippen LogP contribution is -2.41. The minimum atomic E-state index is -3.73. The number of anilines is 1. The lowest BCUT2D eigenvalue weighted by atomic mass is 10.1. The number of nitrogens with one attached hydrogen (secondary N) is 2. The van der Waals surface area contributed by atoms with Crippen molar-refractivity contribution in [3.8, 4) is 0 Å². The fourth-order valence-corrected chi connectivity index (χ4v) is 4.32. The second-order valence-electron chi connectivity index (χ2n) is 6.52. The van der Waals surface area contributed by atoms with E-state index in [1.54, 1.807) is 30.3 Å². The smallest absolute Gasteiger partial charge is 0.241 e. The highest BCUT2D eigenvalue weighted by Crippen LogP contribution is 2.29. The van der Waals surface area contributed by atoms with Crippen LogP contribution in [0.15, 0.2) is 41.3 Å². The molecule has 2 aromatic rings. The minimum Gasteiger partial charge on any atom is -0.329 e. The molecule has 2 aromatic carbocycles. The zero-order chi connectivity index (χ0) is 18.6. The van der Waals surface area contributed by atoms with Gasteiger partial charge in [0.2, 0.25) is 15.9 Å². The number of benzene rings is 2. The molecule has 0 aliphatic rings. The summed E-state index contributed by atoms with van der Waals surface area (Å²) in [6, 6.07) is 9.89. The standard InChI is InChI=1S/C18H25N3O3S.ClH/c1-12(2)10-14(11-19)21-25(23,24)18-9-8-17(20-13(3)22)15-6-4-5-7-16(15)18;/h4-9,12,14,21H,10-11,19H2,1-3H3,(H,20,22);1H. The predicted octanol–water partition coefficient (Wildman–Crippen LogP) is 2.87. The molecule has 0 aliphatic carbocycles. The van der Waals surface area contributed by atoms with Gasteiger partial charge >= 0.3 is 0 Å². The predicted molar refractivity (Wildman–Crippen MR) is 108 cm³/mol. The number of carbonyl (C=O) groups excluding carboxylic acids is 1. The molecule has 0 radical (unpaired) electrons. The second-order valence-corrected chi connectivity index (χ2v) is 8.20. The molecule has 0 aliphatic heterocycles. The lowest BCUT2D eigenvalue weighted by molar-refractivity contribution is -0.114. The Hall–Kier alpha value is -1.67. The van der Waals surface area contributed by atoms with Crippen molar-refractivity contribution in [2.24, 2.45) is 11.7 Å². The number of hydrogen-bond acceptors (Lipinski definition) is 4. The number of hydrogen-bond donors (Lipinski definition) is 3. The first-order valence-electron chi connectivity index (χ1n) is 8.26. The summed E-state index contributed by atoms with van der Waals surface area (Å²) in [7, 11) is -3.73. The highest BCUT2D eigenvalue weighted by Gasteiger charge is 2.22. The van der Waals surface area contributed by atoms with Gasteiger partial charge in [-0.2, -0.15) is 0 Å². The van der Waals surface area contributed by atoms with Crippen LogP contribution in [0.2, 0.25) is 0 Å². The fraction of sp³-hybridized carbons (Fsp3) is 0.389. The first-order chi connectivity index (χ1) is 11.7. The number of fused-ring (bicyclic) bond motifs is 1. The molecule has 0 heterocycles. The summed E-state index contributed by atoms with van der Waals surface area (Å²) < 4.78 is 28.5. The molecule has 26 heavy (non-hydrogen) atoms. The number of sulfonamides is 1. The molecule has 0 saturated carbocycles. The van der Waals surface area contributed by atoms with Crippen LogP contribution >= 0.6 is 12.4 Å². The molecule has 8 heteroatoms. The average molecular weight is 400 g/mol. The molecular weight excluding hydrogens is 374 g/mol. The molecule has 0 saturated heterocycles. The van der Waals surface area contributed by atoms with Gasteiger partial charge in [0.05, 0.1) is 4.90 Å². The summed E-state index contributed by atoms with van der Waals surface area (Å²) >= 11 is 0. The van der Waals surface area contributed by atoms with E-state index in [1.165, 1.54) is 13.0 Å². The Morgan fingerprint density at radius 3 is 2.27 bits per heavy atom. The van der Waals surface area contributed by atoms with Crippen molar-refractivity contribution in [3.63, 3.8) is 0 Å². The van der Waals surface area contributed by atoms with Crippen LogP contribution in [0.5, 0.6) is 0 Å². The number of amides is 1. The Balaban J connectivity index is 0.00000338. The quantitative estimate of drug-likeness (QED) is 0.666. The van der Waals surface area contributed by atoms with Crippen LogP contribution in [0, 0.1) is 5.92 Å². The van der Waals surface area contributed by atoms with E-state index in [9.17, 15) is 13.2 Å². The van der Waals surface area contributed by atoms with Crippen molar-refractivity contribution >= 4 is 44.8 Å². The Labute approximate surface area is 161 Å². The molecule has 0 bridgehead atoms. The molecule has 1 atom stereocenters. The van der Waals surface area contributed by atoms with Gasteiger partial charge in [-0.15, -0.1) is 12.4 Å². The van der Waals surface area contributed by atoms with Crippen molar-refractivity contribution in [1.82, 2.24) is 4.72 Å². The maximum absolute atomic E-state index is 12.9. The van der Waals surface area contributed by atoms with Crippen LogP contribution < -0.4 is 15.8 Å². The minimum absolute atomic E-state index is 0. The second kappa shape index (κ2) is 9.32. The first kappa shape index (κ1) is 22.4. The summed E-state index contributed by atoms with van der Waals surface area (Å²) in [5.74, 6) is 0.120.